The molecule has 0 aliphatic carbocycles. The molecule has 0 saturated carbocycles. The van der Waals surface area contributed by atoms with Crippen LogP contribution in [-0.4, -0.2) is 38.2 Å². The molecule has 0 atom stereocenters. The topological polar surface area (TPSA) is 77.1 Å². The third kappa shape index (κ3) is 6.36. The maximum absolute atomic E-state index is 12.6. The van der Waals surface area contributed by atoms with Gasteiger partial charge in [0.2, 0.25) is 0 Å². The summed E-state index contributed by atoms with van der Waals surface area (Å²) in [5, 5.41) is 2.86. The van der Waals surface area contributed by atoms with E-state index in [0.717, 1.165) is 35.5 Å². The number of para-hydroxylation sites is 1. The number of hydrogen-bond donors (Lipinski definition) is 1. The molecule has 0 aromatic heterocycles. The highest BCUT2D eigenvalue weighted by Crippen LogP contribution is 2.35. The number of rotatable bonds is 10. The van der Waals surface area contributed by atoms with Crippen LogP contribution in [0.1, 0.15) is 29.5 Å². The molecule has 7 heteroatoms. The van der Waals surface area contributed by atoms with Gasteiger partial charge in [0.15, 0.2) is 13.2 Å². The molecule has 1 aliphatic rings. The molecule has 0 fully saturated rings. The summed E-state index contributed by atoms with van der Waals surface area (Å²) < 4.78 is 17.1. The number of nitrogens with one attached hydrogen (secondary N) is 1. The molecule has 1 aliphatic heterocycles. The van der Waals surface area contributed by atoms with Crippen LogP contribution in [-0.2, 0) is 9.59 Å². The first-order valence-corrected chi connectivity index (χ1v) is 12.2. The largest absolute Gasteiger partial charge is 0.494 e. The SMILES string of the molecule is Cc1ccc(OCCCCN2C(=O)COc3ccc(NC(=O)COc4c(C)cccc4C)cc32)cc1. The molecule has 188 valence electrons. The number of anilines is 2. The monoisotopic (exact) mass is 488 g/mol. The molecule has 0 unspecified atom stereocenters. The van der Waals surface area contributed by atoms with Crippen LogP contribution in [0.3, 0.4) is 0 Å². The number of carbonyl (C=O) groups is 2. The average molecular weight is 489 g/mol. The predicted molar refractivity (Wildman–Crippen MR) is 140 cm³/mol. The van der Waals surface area contributed by atoms with Crippen molar-refractivity contribution in [1.82, 2.24) is 0 Å². The van der Waals surface area contributed by atoms with E-state index in [9.17, 15) is 9.59 Å². The maximum atomic E-state index is 12.6. The van der Waals surface area contributed by atoms with Crippen LogP contribution >= 0.6 is 0 Å². The molecule has 1 heterocycles. The van der Waals surface area contributed by atoms with Gasteiger partial charge in [0.05, 0.1) is 12.3 Å². The van der Waals surface area contributed by atoms with E-state index in [1.54, 1.807) is 23.1 Å². The quantitative estimate of drug-likeness (QED) is 0.396. The van der Waals surface area contributed by atoms with Gasteiger partial charge in [-0.2, -0.15) is 0 Å². The van der Waals surface area contributed by atoms with Crippen molar-refractivity contribution < 1.29 is 23.8 Å². The van der Waals surface area contributed by atoms with Crippen molar-refractivity contribution in [2.24, 2.45) is 0 Å². The molecule has 36 heavy (non-hydrogen) atoms. The Labute approximate surface area is 212 Å². The van der Waals surface area contributed by atoms with Crippen LogP contribution in [0.15, 0.2) is 60.7 Å². The number of ether oxygens (including phenoxy) is 3. The van der Waals surface area contributed by atoms with E-state index in [1.807, 2.05) is 63.2 Å². The molecular formula is C29H32N2O5. The molecule has 0 saturated heterocycles. The van der Waals surface area contributed by atoms with E-state index in [2.05, 4.69) is 5.32 Å². The third-order valence-corrected chi connectivity index (χ3v) is 6.01. The maximum Gasteiger partial charge on any atom is 0.265 e. The molecule has 3 aromatic rings. The van der Waals surface area contributed by atoms with Crippen LogP contribution in [0.2, 0.25) is 0 Å². The van der Waals surface area contributed by atoms with E-state index in [1.165, 1.54) is 5.56 Å². The van der Waals surface area contributed by atoms with Crippen LogP contribution in [0.5, 0.6) is 17.2 Å². The number of carbonyl (C=O) groups excluding carboxylic acids is 2. The van der Waals surface area contributed by atoms with Gasteiger partial charge < -0.3 is 24.4 Å². The molecule has 0 spiro atoms. The van der Waals surface area contributed by atoms with Crippen molar-refractivity contribution >= 4 is 23.2 Å². The summed E-state index contributed by atoms with van der Waals surface area (Å²) in [6.45, 7) is 6.95. The lowest BCUT2D eigenvalue weighted by atomic mass is 10.1. The zero-order chi connectivity index (χ0) is 25.5. The number of fused-ring (bicyclic) bond motifs is 1. The molecule has 4 rings (SSSR count). The fraction of sp³-hybridized carbons (Fsp3) is 0.310. The molecule has 7 nitrogen and oxygen atoms in total. The lowest BCUT2D eigenvalue weighted by Gasteiger charge is -2.30. The zero-order valence-electron chi connectivity index (χ0n) is 21.0. The van der Waals surface area contributed by atoms with E-state index in [4.69, 9.17) is 14.2 Å². The van der Waals surface area contributed by atoms with Gasteiger partial charge in [-0.25, -0.2) is 0 Å². The van der Waals surface area contributed by atoms with Crippen molar-refractivity contribution in [2.45, 2.75) is 33.6 Å². The Morgan fingerprint density at radius 2 is 1.72 bits per heavy atom. The van der Waals surface area contributed by atoms with Gasteiger partial charge in [-0.1, -0.05) is 35.9 Å². The fourth-order valence-electron chi connectivity index (χ4n) is 4.08. The van der Waals surface area contributed by atoms with Crippen molar-refractivity contribution in [2.75, 3.05) is 36.6 Å². The second-order valence-corrected chi connectivity index (χ2v) is 8.94. The Morgan fingerprint density at radius 1 is 0.972 bits per heavy atom. The van der Waals surface area contributed by atoms with Crippen LogP contribution in [0.4, 0.5) is 11.4 Å². The van der Waals surface area contributed by atoms with Gasteiger partial charge in [-0.05, 0) is 75.1 Å². The molecule has 1 N–H and O–H groups in total. The minimum atomic E-state index is -0.277. The number of hydrogen-bond acceptors (Lipinski definition) is 5. The lowest BCUT2D eigenvalue weighted by Crippen LogP contribution is -2.39. The Kier molecular flexibility index (Phi) is 8.10. The normalized spacial score (nSPS) is 12.5. The number of amides is 2. The number of benzene rings is 3. The Hall–Kier alpha value is -4.00. The van der Waals surface area contributed by atoms with Crippen molar-refractivity contribution in [3.8, 4) is 17.2 Å². The summed E-state index contributed by atoms with van der Waals surface area (Å²) in [4.78, 5) is 26.8. The first kappa shape index (κ1) is 25.1. The lowest BCUT2D eigenvalue weighted by molar-refractivity contribution is -0.121. The minimum Gasteiger partial charge on any atom is -0.494 e. The highest BCUT2D eigenvalue weighted by molar-refractivity contribution is 5.99. The summed E-state index contributed by atoms with van der Waals surface area (Å²) in [5.41, 5.74) is 4.38. The van der Waals surface area contributed by atoms with Gasteiger partial charge in [0.25, 0.3) is 11.8 Å². The summed E-state index contributed by atoms with van der Waals surface area (Å²) >= 11 is 0. The molecule has 0 radical (unpaired) electrons. The minimum absolute atomic E-state index is 0.00217. The first-order valence-electron chi connectivity index (χ1n) is 12.2. The summed E-state index contributed by atoms with van der Waals surface area (Å²) in [7, 11) is 0. The Bertz CT molecular complexity index is 1200. The van der Waals surface area contributed by atoms with Crippen LogP contribution < -0.4 is 24.4 Å². The van der Waals surface area contributed by atoms with Crippen LogP contribution in [0.25, 0.3) is 0 Å². The molecule has 2 amide bonds. The number of aryl methyl sites for hydroxylation is 3. The van der Waals surface area contributed by atoms with E-state index in [-0.39, 0.29) is 25.0 Å². The van der Waals surface area contributed by atoms with Gasteiger partial charge in [-0.3, -0.25) is 9.59 Å². The van der Waals surface area contributed by atoms with E-state index in [0.29, 0.717) is 30.3 Å². The van der Waals surface area contributed by atoms with E-state index >= 15 is 0 Å². The summed E-state index contributed by atoms with van der Waals surface area (Å²) in [5.74, 6) is 1.80. The average Bonchev–Trinajstić information content (AvgIpc) is 2.86. The fourth-order valence-corrected chi connectivity index (χ4v) is 4.08. The Morgan fingerprint density at radius 3 is 2.47 bits per heavy atom. The summed E-state index contributed by atoms with van der Waals surface area (Å²) in [6, 6.07) is 19.1. The highest BCUT2D eigenvalue weighted by Gasteiger charge is 2.25. The predicted octanol–water partition coefficient (Wildman–Crippen LogP) is 5.21. The number of unbranched alkanes of at least 4 members (excludes halogenated alkanes) is 1. The van der Waals surface area contributed by atoms with Crippen LogP contribution in [0, 0.1) is 20.8 Å². The van der Waals surface area contributed by atoms with Gasteiger partial charge in [0, 0.05) is 12.2 Å². The zero-order valence-corrected chi connectivity index (χ0v) is 21.0. The van der Waals surface area contributed by atoms with Gasteiger partial charge in [0.1, 0.15) is 17.2 Å². The van der Waals surface area contributed by atoms with Gasteiger partial charge >= 0.3 is 0 Å². The van der Waals surface area contributed by atoms with E-state index < -0.39 is 0 Å². The molecule has 3 aromatic carbocycles. The Balaban J connectivity index is 1.32. The smallest absolute Gasteiger partial charge is 0.265 e. The standard InChI is InChI=1S/C29H32N2O5/c1-20-9-12-24(13-10-20)34-16-5-4-15-31-25-17-23(11-14-26(25)35-19-28(31)33)30-27(32)18-36-29-21(2)7-6-8-22(29)3/h6-14,17H,4-5,15-16,18-19H2,1-3H3,(H,30,32). The van der Waals surface area contributed by atoms with Gasteiger partial charge in [-0.15, -0.1) is 0 Å². The first-order chi connectivity index (χ1) is 17.4. The van der Waals surface area contributed by atoms with Crippen molar-refractivity contribution in [3.63, 3.8) is 0 Å². The molecular weight excluding hydrogens is 456 g/mol. The van der Waals surface area contributed by atoms with Crippen molar-refractivity contribution in [3.05, 3.63) is 77.4 Å². The number of nitrogens with zero attached hydrogens (tertiary/aromatic N) is 1. The highest BCUT2D eigenvalue weighted by atomic mass is 16.5. The summed E-state index contributed by atoms with van der Waals surface area (Å²) in [6.07, 6.45) is 1.58. The third-order valence-electron chi connectivity index (χ3n) is 6.01. The van der Waals surface area contributed by atoms with Crippen molar-refractivity contribution in [1.29, 1.82) is 0 Å². The second-order valence-electron chi connectivity index (χ2n) is 8.94. The molecule has 0 bridgehead atoms. The second kappa shape index (κ2) is 11.6.